The molecule has 0 radical (unpaired) electrons. The monoisotopic (exact) mass is 278 g/mol. The summed E-state index contributed by atoms with van der Waals surface area (Å²) in [5.41, 5.74) is 0. The average molecular weight is 279 g/mol. The molecule has 0 aliphatic carbocycles. The lowest BCUT2D eigenvalue weighted by Crippen LogP contribution is -2.25. The van der Waals surface area contributed by atoms with E-state index in [1.165, 1.54) is 38.9 Å². The van der Waals surface area contributed by atoms with Crippen molar-refractivity contribution < 1.29 is 0 Å². The Bertz CT molecular complexity index is 140. The van der Waals surface area contributed by atoms with E-state index in [2.05, 4.69) is 53.8 Å². The van der Waals surface area contributed by atoms with E-state index in [1.54, 1.807) is 0 Å². The lowest BCUT2D eigenvalue weighted by Gasteiger charge is -2.19. The summed E-state index contributed by atoms with van der Waals surface area (Å²) >= 11 is 3.50. The second-order valence-electron chi connectivity index (χ2n) is 4.83. The summed E-state index contributed by atoms with van der Waals surface area (Å²) in [6.07, 6.45) is 3.89. The number of rotatable bonds is 9. The zero-order valence-corrected chi connectivity index (χ0v) is 12.4. The molecule has 0 aliphatic rings. The fourth-order valence-electron chi connectivity index (χ4n) is 1.54. The summed E-state index contributed by atoms with van der Waals surface area (Å²) in [5.74, 6) is 0.848. The van der Waals surface area contributed by atoms with Crippen molar-refractivity contribution >= 4 is 15.9 Å². The van der Waals surface area contributed by atoms with Crippen LogP contribution in [0.1, 0.15) is 26.2 Å². The molecule has 0 aromatic heterocycles. The third kappa shape index (κ3) is 10.7. The standard InChI is InChI=1S/C12H27BrN2/c1-12(6-8-13)7-11-15(4)10-5-9-14(2)3/h12H,5-11H2,1-4H3. The van der Waals surface area contributed by atoms with Crippen molar-refractivity contribution in [1.29, 1.82) is 0 Å². The SMILES string of the molecule is CC(CCBr)CCN(C)CCCN(C)C. The van der Waals surface area contributed by atoms with Gasteiger partial charge in [0, 0.05) is 5.33 Å². The predicted octanol–water partition coefficient (Wildman–Crippen LogP) is 2.68. The van der Waals surface area contributed by atoms with Gasteiger partial charge in [0.2, 0.25) is 0 Å². The predicted molar refractivity (Wildman–Crippen MR) is 72.9 cm³/mol. The van der Waals surface area contributed by atoms with Gasteiger partial charge in [0.05, 0.1) is 0 Å². The smallest absolute Gasteiger partial charge is 0.00338 e. The molecule has 0 aliphatic heterocycles. The van der Waals surface area contributed by atoms with Crippen molar-refractivity contribution in [3.63, 3.8) is 0 Å². The van der Waals surface area contributed by atoms with E-state index in [0.717, 1.165) is 11.2 Å². The van der Waals surface area contributed by atoms with Gasteiger partial charge in [-0.3, -0.25) is 0 Å². The molecular weight excluding hydrogens is 252 g/mol. The molecule has 0 rings (SSSR count). The Morgan fingerprint density at radius 2 is 1.67 bits per heavy atom. The van der Waals surface area contributed by atoms with Gasteiger partial charge in [-0.05, 0) is 66.0 Å². The summed E-state index contributed by atoms with van der Waals surface area (Å²) in [7, 11) is 6.51. The molecule has 0 fully saturated rings. The molecule has 0 heterocycles. The number of hydrogen-bond donors (Lipinski definition) is 0. The van der Waals surface area contributed by atoms with Crippen molar-refractivity contribution in [3.8, 4) is 0 Å². The number of halogens is 1. The first kappa shape index (κ1) is 15.4. The van der Waals surface area contributed by atoms with Crippen molar-refractivity contribution in [1.82, 2.24) is 9.80 Å². The minimum atomic E-state index is 0.848. The molecule has 0 aromatic rings. The number of hydrogen-bond acceptors (Lipinski definition) is 2. The van der Waals surface area contributed by atoms with Gasteiger partial charge in [0.15, 0.2) is 0 Å². The van der Waals surface area contributed by atoms with Crippen molar-refractivity contribution in [2.24, 2.45) is 5.92 Å². The maximum Gasteiger partial charge on any atom is 0.00338 e. The third-order valence-electron chi connectivity index (χ3n) is 2.75. The van der Waals surface area contributed by atoms with Crippen LogP contribution in [0.25, 0.3) is 0 Å². The molecule has 1 atom stereocenters. The molecular formula is C12H27BrN2. The van der Waals surface area contributed by atoms with E-state index in [1.807, 2.05) is 0 Å². The lowest BCUT2D eigenvalue weighted by atomic mass is 10.1. The Morgan fingerprint density at radius 3 is 2.20 bits per heavy atom. The van der Waals surface area contributed by atoms with Gasteiger partial charge in [-0.2, -0.15) is 0 Å². The van der Waals surface area contributed by atoms with Crippen LogP contribution in [-0.4, -0.2) is 55.9 Å². The number of nitrogens with zero attached hydrogens (tertiary/aromatic N) is 2. The molecule has 0 N–H and O–H groups in total. The van der Waals surface area contributed by atoms with Crippen LogP contribution in [0, 0.1) is 5.92 Å². The topological polar surface area (TPSA) is 6.48 Å². The highest BCUT2D eigenvalue weighted by Crippen LogP contribution is 2.09. The Labute approximate surface area is 104 Å². The van der Waals surface area contributed by atoms with Crippen LogP contribution in [0.4, 0.5) is 0 Å². The van der Waals surface area contributed by atoms with Gasteiger partial charge in [-0.25, -0.2) is 0 Å². The zero-order valence-electron chi connectivity index (χ0n) is 10.8. The Balaban J connectivity index is 3.36. The second-order valence-corrected chi connectivity index (χ2v) is 5.62. The Morgan fingerprint density at radius 1 is 1.00 bits per heavy atom. The van der Waals surface area contributed by atoms with Crippen LogP contribution in [0.3, 0.4) is 0 Å². The van der Waals surface area contributed by atoms with Crippen molar-refractivity contribution in [3.05, 3.63) is 0 Å². The highest BCUT2D eigenvalue weighted by molar-refractivity contribution is 9.09. The minimum Gasteiger partial charge on any atom is -0.309 e. The quantitative estimate of drug-likeness (QED) is 0.599. The first-order valence-electron chi connectivity index (χ1n) is 5.95. The van der Waals surface area contributed by atoms with Gasteiger partial charge in [0.1, 0.15) is 0 Å². The molecule has 92 valence electrons. The Kier molecular flexibility index (Phi) is 9.87. The van der Waals surface area contributed by atoms with Gasteiger partial charge < -0.3 is 9.80 Å². The van der Waals surface area contributed by atoms with E-state index in [4.69, 9.17) is 0 Å². The largest absolute Gasteiger partial charge is 0.309 e. The van der Waals surface area contributed by atoms with Crippen molar-refractivity contribution in [2.75, 3.05) is 46.1 Å². The molecule has 0 saturated carbocycles. The van der Waals surface area contributed by atoms with E-state index >= 15 is 0 Å². The lowest BCUT2D eigenvalue weighted by molar-refractivity contribution is 0.281. The summed E-state index contributed by atoms with van der Waals surface area (Å²) in [6.45, 7) is 6.00. The van der Waals surface area contributed by atoms with Crippen LogP contribution in [-0.2, 0) is 0 Å². The maximum absolute atomic E-state index is 3.50. The number of alkyl halides is 1. The van der Waals surface area contributed by atoms with Gasteiger partial charge >= 0.3 is 0 Å². The van der Waals surface area contributed by atoms with Crippen molar-refractivity contribution in [2.45, 2.75) is 26.2 Å². The fourth-order valence-corrected chi connectivity index (χ4v) is 2.32. The molecule has 0 aromatic carbocycles. The van der Waals surface area contributed by atoms with Gasteiger partial charge in [0.25, 0.3) is 0 Å². The Hall–Kier alpha value is 0.400. The van der Waals surface area contributed by atoms with E-state index in [0.29, 0.717) is 0 Å². The molecule has 0 spiro atoms. The first-order chi connectivity index (χ1) is 7.06. The normalized spacial score (nSPS) is 13.8. The van der Waals surface area contributed by atoms with E-state index in [-0.39, 0.29) is 0 Å². The van der Waals surface area contributed by atoms with Gasteiger partial charge in [-0.15, -0.1) is 0 Å². The van der Waals surface area contributed by atoms with E-state index in [9.17, 15) is 0 Å². The third-order valence-corrected chi connectivity index (χ3v) is 3.21. The highest BCUT2D eigenvalue weighted by Gasteiger charge is 2.04. The molecule has 0 saturated heterocycles. The zero-order chi connectivity index (χ0) is 11.7. The van der Waals surface area contributed by atoms with Crippen LogP contribution < -0.4 is 0 Å². The van der Waals surface area contributed by atoms with E-state index < -0.39 is 0 Å². The molecule has 0 bridgehead atoms. The fraction of sp³-hybridized carbons (Fsp3) is 1.00. The van der Waals surface area contributed by atoms with Crippen LogP contribution in [0.5, 0.6) is 0 Å². The molecule has 0 amide bonds. The highest BCUT2D eigenvalue weighted by atomic mass is 79.9. The first-order valence-corrected chi connectivity index (χ1v) is 7.07. The maximum atomic E-state index is 3.50. The minimum absolute atomic E-state index is 0.848. The van der Waals surface area contributed by atoms with Crippen LogP contribution >= 0.6 is 15.9 Å². The molecule has 2 nitrogen and oxygen atoms in total. The summed E-state index contributed by atoms with van der Waals surface area (Å²) < 4.78 is 0. The molecule has 15 heavy (non-hydrogen) atoms. The van der Waals surface area contributed by atoms with Crippen LogP contribution in [0.2, 0.25) is 0 Å². The second kappa shape index (κ2) is 9.61. The molecule has 1 unspecified atom stereocenters. The average Bonchev–Trinajstić information content (AvgIpc) is 2.14. The van der Waals surface area contributed by atoms with Crippen LogP contribution in [0.15, 0.2) is 0 Å². The molecule has 3 heteroatoms. The van der Waals surface area contributed by atoms with Gasteiger partial charge in [-0.1, -0.05) is 22.9 Å². The summed E-state index contributed by atoms with van der Waals surface area (Å²) in [4.78, 5) is 4.70. The summed E-state index contributed by atoms with van der Waals surface area (Å²) in [5, 5.41) is 1.14. The summed E-state index contributed by atoms with van der Waals surface area (Å²) in [6, 6.07) is 0.